The number of phenolic OH excluding ortho intramolecular Hbond substituents is 4. The van der Waals surface area contributed by atoms with E-state index < -0.39 is 11.6 Å². The number of carbonyl (C=O) groups excluding carboxylic acids is 4. The number of ether oxygens (including phenoxy) is 8. The van der Waals surface area contributed by atoms with Crippen molar-refractivity contribution >= 4 is 120 Å². The van der Waals surface area contributed by atoms with Gasteiger partial charge in [0.1, 0.15) is 127 Å². The molecule has 132 heavy (non-hydrogen) atoms. The predicted octanol–water partition coefficient (Wildman–Crippen LogP) is 24.9. The van der Waals surface area contributed by atoms with Gasteiger partial charge in [0.05, 0.1) is 0 Å². The number of carbonyl (C=O) groups is 4. The van der Waals surface area contributed by atoms with Gasteiger partial charge in [-0.3, -0.25) is 19.2 Å². The highest BCUT2D eigenvalue weighted by atomic mass is 35.5. The second-order valence-corrected chi connectivity index (χ2v) is 35.0. The number of ketones is 4. The summed E-state index contributed by atoms with van der Waals surface area (Å²) in [4.78, 5) is 55.5. The third kappa shape index (κ3) is 24.9. The lowest BCUT2D eigenvalue weighted by Crippen LogP contribution is -2.20. The molecule has 0 atom stereocenters. The largest absolute Gasteiger partial charge is 0.508 e. The quantitative estimate of drug-likeness (QED) is 0.0134. The number of rotatable bonds is 36. The summed E-state index contributed by atoms with van der Waals surface area (Å²) in [6.07, 6.45) is 0. The highest BCUT2D eigenvalue weighted by Crippen LogP contribution is 2.49. The molecule has 0 saturated heterocycles. The Hall–Kier alpha value is -13.3. The summed E-state index contributed by atoms with van der Waals surface area (Å²) >= 11 is 11.1. The van der Waals surface area contributed by atoms with E-state index in [-0.39, 0.29) is 51.7 Å². The van der Waals surface area contributed by atoms with E-state index in [1.807, 2.05) is 113 Å². The van der Waals surface area contributed by atoms with Crippen molar-refractivity contribution in [1.82, 2.24) is 21.3 Å². The first-order valence-corrected chi connectivity index (χ1v) is 46.5. The topological polar surface area (TPSA) is 271 Å². The molecule has 0 aliphatic carbocycles. The van der Waals surface area contributed by atoms with Crippen molar-refractivity contribution < 1.29 is 86.3 Å². The molecule has 0 radical (unpaired) electrons. The van der Waals surface area contributed by atoms with E-state index in [1.165, 1.54) is 75.7 Å². The van der Waals surface area contributed by atoms with E-state index in [2.05, 4.69) is 35.1 Å². The first-order valence-electron chi connectivity index (χ1n) is 42.9. The fraction of sp³-hybridized carbons (Fsp3) is 0.200. The van der Waals surface area contributed by atoms with E-state index in [1.54, 1.807) is 147 Å². The van der Waals surface area contributed by atoms with E-state index in [9.17, 15) is 48.4 Å². The second-order valence-electron chi connectivity index (χ2n) is 30.4. The number of fused-ring (bicyclic) bond motifs is 4. The Labute approximate surface area is 784 Å². The van der Waals surface area contributed by atoms with Gasteiger partial charge in [0.2, 0.25) is 23.1 Å². The Balaban J connectivity index is 0.000000150. The van der Waals surface area contributed by atoms with Gasteiger partial charge in [-0.05, 0) is 301 Å². The third-order valence-electron chi connectivity index (χ3n) is 20.6. The molecule has 0 aliphatic heterocycles. The Morgan fingerprint density at radius 2 is 0.561 bits per heavy atom. The summed E-state index contributed by atoms with van der Waals surface area (Å²) in [5.41, 5.74) is 5.92. The number of aryl methyl sites for hydroxylation is 5. The maximum absolute atomic E-state index is 13.9. The van der Waals surface area contributed by atoms with Crippen molar-refractivity contribution in [1.29, 1.82) is 0 Å². The highest BCUT2D eigenvalue weighted by molar-refractivity contribution is 7.22. The monoisotopic (exact) mass is 1870 g/mol. The maximum atomic E-state index is 13.9. The summed E-state index contributed by atoms with van der Waals surface area (Å²) in [6.45, 7) is 26.4. The van der Waals surface area contributed by atoms with Crippen molar-refractivity contribution in [2.45, 2.75) is 62.3 Å². The zero-order chi connectivity index (χ0) is 93.5. The van der Waals surface area contributed by atoms with Crippen LogP contribution in [-0.4, -0.2) is 122 Å². The first-order chi connectivity index (χ1) is 63.8. The number of hydrogen-bond donors (Lipinski definition) is 8. The lowest BCUT2D eigenvalue weighted by atomic mass is 10.0. The van der Waals surface area contributed by atoms with Gasteiger partial charge in [-0.2, -0.15) is 0 Å². The molecule has 0 bridgehead atoms. The zero-order valence-corrected chi connectivity index (χ0v) is 78.1. The summed E-state index contributed by atoms with van der Waals surface area (Å²) in [7, 11) is 0. The van der Waals surface area contributed by atoms with Crippen LogP contribution in [0.5, 0.6) is 92.0 Å². The fourth-order valence-corrected chi connectivity index (χ4v) is 18.7. The molecule has 0 fully saturated rings. The Morgan fingerprint density at radius 1 is 0.295 bits per heavy atom. The van der Waals surface area contributed by atoms with E-state index in [0.717, 1.165) is 111 Å². The standard InChI is InChI=1S/C27H27NO4S.C26H24ClNO4S.2C26H24FNO4S/c1-4-28-13-14-31-20-7-9-21(10-8-20)32-26-23-12-6-19(29)16-24(23)33-27(26)25(30)22-11-5-17(2)15-18(22)3;2*1-3-28-12-13-31-19-6-8-20(9-7-19)32-25-22-11-5-18(29)15-23(22)33-26(25)24(30)21-10-4-17(27)14-16(21)2;1-3-28-12-13-31-19-7-9-20(10-8-19)32-25-21-11-6-18(29)15-23(21)33-26(25)24(30)22-14-17(27)5-4-16(22)2/h5-12,15-16,28-29H,4,13-14H2,1-3H3;3*4-11,14-15,28-29H,3,12-13H2,1-2H3. The van der Waals surface area contributed by atoms with Gasteiger partial charge in [-0.25, -0.2) is 8.78 Å². The van der Waals surface area contributed by atoms with Gasteiger partial charge in [0.15, 0.2) is 23.0 Å². The van der Waals surface area contributed by atoms with E-state index in [0.29, 0.717) is 146 Å². The van der Waals surface area contributed by atoms with Crippen LogP contribution in [0.1, 0.15) is 116 Å². The van der Waals surface area contributed by atoms with Crippen molar-refractivity contribution in [3.63, 3.8) is 0 Å². The van der Waals surface area contributed by atoms with Crippen LogP contribution in [0.15, 0.2) is 243 Å². The number of hydrogen-bond acceptors (Lipinski definition) is 24. The first kappa shape index (κ1) is 96.3. The lowest BCUT2D eigenvalue weighted by molar-refractivity contribution is 0.103. The molecule has 0 unspecified atom stereocenters. The lowest BCUT2D eigenvalue weighted by Gasteiger charge is -2.11. The molecular weight excluding hydrogens is 1770 g/mol. The number of likely N-dealkylation sites (N-methyl/N-ethyl adjacent to an activating group) is 4. The minimum absolute atomic E-state index is 0.0911. The smallest absolute Gasteiger partial charge is 0.207 e. The molecular formula is C105H99ClF2N4O16S4. The Morgan fingerprint density at radius 3 is 0.856 bits per heavy atom. The minimum atomic E-state index is -0.477. The average molecular weight is 1870 g/mol. The van der Waals surface area contributed by atoms with Crippen molar-refractivity contribution in [2.24, 2.45) is 0 Å². The van der Waals surface area contributed by atoms with Crippen LogP contribution >= 0.6 is 56.9 Å². The van der Waals surface area contributed by atoms with E-state index in [4.69, 9.17) is 49.5 Å². The number of thiophene rings is 4. The average Bonchev–Trinajstić information content (AvgIpc) is 1.64. The highest BCUT2D eigenvalue weighted by Gasteiger charge is 2.29. The molecule has 0 spiro atoms. The van der Waals surface area contributed by atoms with Crippen LogP contribution in [0.4, 0.5) is 8.78 Å². The van der Waals surface area contributed by atoms with Crippen molar-refractivity contribution in [3.05, 3.63) is 329 Å². The zero-order valence-electron chi connectivity index (χ0n) is 74.0. The van der Waals surface area contributed by atoms with Gasteiger partial charge < -0.3 is 79.6 Å². The molecule has 680 valence electrons. The number of nitrogens with one attached hydrogen (secondary N) is 4. The number of phenols is 4. The molecule has 20 nitrogen and oxygen atoms in total. The maximum Gasteiger partial charge on any atom is 0.207 e. The summed E-state index contributed by atoms with van der Waals surface area (Å²) in [6, 6.07) is 68.0. The molecule has 16 aromatic rings. The molecule has 4 heterocycles. The summed E-state index contributed by atoms with van der Waals surface area (Å²) in [5, 5.41) is 56.1. The number of aromatic hydroxyl groups is 4. The van der Waals surface area contributed by atoms with Crippen molar-refractivity contribution in [2.75, 3.05) is 78.8 Å². The van der Waals surface area contributed by atoms with Gasteiger partial charge >= 0.3 is 0 Å². The third-order valence-corrected chi connectivity index (χ3v) is 25.4. The van der Waals surface area contributed by atoms with Crippen LogP contribution in [0.25, 0.3) is 40.3 Å². The molecule has 27 heteroatoms. The van der Waals surface area contributed by atoms with Gasteiger partial charge in [0.25, 0.3) is 0 Å². The Kier molecular flexibility index (Phi) is 33.6. The van der Waals surface area contributed by atoms with Crippen LogP contribution in [0.2, 0.25) is 5.02 Å². The molecule has 4 aromatic heterocycles. The van der Waals surface area contributed by atoms with Gasteiger partial charge in [-0.1, -0.05) is 69.1 Å². The number of halogens is 3. The molecule has 0 saturated carbocycles. The summed E-state index contributed by atoms with van der Waals surface area (Å²) in [5.74, 6) is 5.75. The van der Waals surface area contributed by atoms with Gasteiger partial charge in [-0.15, -0.1) is 45.3 Å². The Bertz CT molecular complexity index is 6260. The van der Waals surface area contributed by atoms with E-state index >= 15 is 0 Å². The molecule has 0 amide bonds. The second kappa shape index (κ2) is 46.0. The predicted molar refractivity (Wildman–Crippen MR) is 524 cm³/mol. The molecule has 12 aromatic carbocycles. The molecule has 8 N–H and O–H groups in total. The number of benzene rings is 12. The van der Waals surface area contributed by atoms with Crippen molar-refractivity contribution in [3.8, 4) is 92.0 Å². The summed E-state index contributed by atoms with van der Waals surface area (Å²) < 4.78 is 78.0. The molecule has 0 aliphatic rings. The normalized spacial score (nSPS) is 11.0. The SMILES string of the molecule is CCNCCOc1ccc(Oc2c(C(=O)c3cc(F)ccc3C)sc3cc(O)ccc23)cc1.CCNCCOc1ccc(Oc2c(C(=O)c3ccc(C)cc3C)sc3cc(O)ccc23)cc1.CCNCCOc1ccc(Oc2c(C(=O)c3ccc(Cl)cc3C)sc3cc(O)ccc23)cc1.CCNCCOc1ccc(Oc2c(C(=O)c3ccc(F)cc3C)sc3cc(O)ccc23)cc1. The minimum Gasteiger partial charge on any atom is -0.508 e. The van der Waals surface area contributed by atoms with Gasteiger partial charge in [0, 0.05) is 93.8 Å². The molecule has 16 rings (SSSR count). The van der Waals surface area contributed by atoms with Crippen LogP contribution < -0.4 is 59.2 Å². The fourth-order valence-electron chi connectivity index (χ4n) is 14.0. The van der Waals surface area contributed by atoms with Crippen LogP contribution in [-0.2, 0) is 0 Å². The van der Waals surface area contributed by atoms with Crippen LogP contribution in [0.3, 0.4) is 0 Å². The van der Waals surface area contributed by atoms with Crippen LogP contribution in [0, 0.1) is 46.3 Å².